The molecule has 0 aromatic heterocycles. The van der Waals surface area contributed by atoms with Crippen LogP contribution in [0, 0.1) is 13.8 Å². The zero-order valence-corrected chi connectivity index (χ0v) is 12.9. The normalized spacial score (nSPS) is 12.6. The van der Waals surface area contributed by atoms with Crippen LogP contribution in [0.2, 0.25) is 5.02 Å². The maximum atomic E-state index is 10.8. The summed E-state index contributed by atoms with van der Waals surface area (Å²) in [6.45, 7) is 4.11. The average molecular weight is 297 g/mol. The Morgan fingerprint density at radius 2 is 1.52 bits per heavy atom. The fraction of sp³-hybridized carbons (Fsp3) is 0.158. The summed E-state index contributed by atoms with van der Waals surface area (Å²) in [7, 11) is 0. The molecule has 1 unspecified atom stereocenters. The first-order valence-corrected chi connectivity index (χ1v) is 7.38. The van der Waals surface area contributed by atoms with Crippen molar-refractivity contribution in [2.45, 2.75) is 20.0 Å². The molecular formula is C19H17ClO. The van der Waals surface area contributed by atoms with Gasteiger partial charge in [0.2, 0.25) is 0 Å². The van der Waals surface area contributed by atoms with Gasteiger partial charge in [-0.1, -0.05) is 60.1 Å². The molecule has 1 atom stereocenters. The van der Waals surface area contributed by atoms with Gasteiger partial charge in [0.1, 0.15) is 6.10 Å². The highest BCUT2D eigenvalue weighted by molar-refractivity contribution is 6.35. The Kier molecular flexibility index (Phi) is 3.71. The number of aryl methyl sites for hydroxylation is 1. The minimum atomic E-state index is -0.646. The molecule has 0 radical (unpaired) electrons. The Balaban J connectivity index is 2.21. The molecular weight excluding hydrogens is 280 g/mol. The molecule has 21 heavy (non-hydrogen) atoms. The van der Waals surface area contributed by atoms with Crippen LogP contribution in [0.15, 0.2) is 54.6 Å². The highest BCUT2D eigenvalue weighted by Gasteiger charge is 2.17. The van der Waals surface area contributed by atoms with Gasteiger partial charge in [-0.25, -0.2) is 0 Å². The molecule has 0 spiro atoms. The van der Waals surface area contributed by atoms with E-state index >= 15 is 0 Å². The van der Waals surface area contributed by atoms with Gasteiger partial charge in [-0.15, -0.1) is 0 Å². The van der Waals surface area contributed by atoms with Crippen molar-refractivity contribution in [3.63, 3.8) is 0 Å². The van der Waals surface area contributed by atoms with Crippen molar-refractivity contribution >= 4 is 22.4 Å². The van der Waals surface area contributed by atoms with E-state index in [9.17, 15) is 5.11 Å². The third kappa shape index (κ3) is 2.44. The first kappa shape index (κ1) is 14.1. The van der Waals surface area contributed by atoms with Gasteiger partial charge in [0.15, 0.2) is 0 Å². The van der Waals surface area contributed by atoms with Gasteiger partial charge in [-0.3, -0.25) is 0 Å². The van der Waals surface area contributed by atoms with Crippen LogP contribution < -0.4 is 0 Å². The Hall–Kier alpha value is -1.83. The molecule has 3 aromatic carbocycles. The molecule has 1 N–H and O–H groups in total. The number of aliphatic hydroxyl groups is 1. The van der Waals surface area contributed by atoms with Crippen LogP contribution in [0.1, 0.15) is 28.4 Å². The summed E-state index contributed by atoms with van der Waals surface area (Å²) in [5.41, 5.74) is 4.15. The van der Waals surface area contributed by atoms with Crippen LogP contribution in [-0.4, -0.2) is 5.11 Å². The van der Waals surface area contributed by atoms with E-state index in [0.29, 0.717) is 5.02 Å². The smallest absolute Gasteiger partial charge is 0.105 e. The summed E-state index contributed by atoms with van der Waals surface area (Å²) in [5.74, 6) is 0. The van der Waals surface area contributed by atoms with E-state index in [1.54, 1.807) is 0 Å². The summed E-state index contributed by atoms with van der Waals surface area (Å²) >= 11 is 6.25. The van der Waals surface area contributed by atoms with Gasteiger partial charge in [0.05, 0.1) is 0 Å². The fourth-order valence-electron chi connectivity index (χ4n) is 2.76. The standard InChI is InChI=1S/C19H17ClO/c1-12-6-5-9-14(13(12)2)19(21)17-10-11-18(20)16-8-4-3-7-15(16)17/h3-11,19,21H,1-2H3. The molecule has 0 aliphatic rings. The Morgan fingerprint density at radius 1 is 0.810 bits per heavy atom. The lowest BCUT2D eigenvalue weighted by Gasteiger charge is -2.18. The largest absolute Gasteiger partial charge is 0.384 e. The van der Waals surface area contributed by atoms with Gasteiger partial charge in [0, 0.05) is 10.4 Å². The summed E-state index contributed by atoms with van der Waals surface area (Å²) in [5, 5.41) is 13.5. The Bertz CT molecular complexity index is 808. The van der Waals surface area contributed by atoms with Crippen LogP contribution in [0.3, 0.4) is 0 Å². The predicted molar refractivity (Wildman–Crippen MR) is 88.9 cm³/mol. The van der Waals surface area contributed by atoms with Crippen LogP contribution in [-0.2, 0) is 0 Å². The lowest BCUT2D eigenvalue weighted by atomic mass is 9.92. The maximum Gasteiger partial charge on any atom is 0.105 e. The van der Waals surface area contributed by atoms with E-state index in [2.05, 4.69) is 13.0 Å². The van der Waals surface area contributed by atoms with Crippen LogP contribution in [0.4, 0.5) is 0 Å². The van der Waals surface area contributed by atoms with Crippen molar-refractivity contribution in [3.8, 4) is 0 Å². The van der Waals surface area contributed by atoms with Crippen molar-refractivity contribution in [3.05, 3.63) is 81.9 Å². The summed E-state index contributed by atoms with van der Waals surface area (Å²) < 4.78 is 0. The van der Waals surface area contributed by atoms with Gasteiger partial charge in [-0.05, 0) is 47.6 Å². The van der Waals surface area contributed by atoms with Crippen molar-refractivity contribution < 1.29 is 5.11 Å². The molecule has 0 amide bonds. The van der Waals surface area contributed by atoms with E-state index in [4.69, 9.17) is 11.6 Å². The van der Waals surface area contributed by atoms with E-state index < -0.39 is 6.10 Å². The van der Waals surface area contributed by atoms with Gasteiger partial charge >= 0.3 is 0 Å². The molecule has 0 heterocycles. The third-order valence-electron chi connectivity index (χ3n) is 4.14. The van der Waals surface area contributed by atoms with E-state index in [-0.39, 0.29) is 0 Å². The fourth-order valence-corrected chi connectivity index (χ4v) is 2.99. The monoisotopic (exact) mass is 296 g/mol. The number of halogens is 1. The molecule has 0 saturated carbocycles. The van der Waals surface area contributed by atoms with Gasteiger partial charge in [-0.2, -0.15) is 0 Å². The van der Waals surface area contributed by atoms with Crippen LogP contribution in [0.25, 0.3) is 10.8 Å². The number of hydrogen-bond donors (Lipinski definition) is 1. The van der Waals surface area contributed by atoms with E-state index in [0.717, 1.165) is 27.5 Å². The topological polar surface area (TPSA) is 20.2 Å². The lowest BCUT2D eigenvalue weighted by Crippen LogP contribution is -2.04. The summed E-state index contributed by atoms with van der Waals surface area (Å²) in [6, 6.07) is 17.7. The second-order valence-electron chi connectivity index (χ2n) is 5.37. The minimum absolute atomic E-state index is 0.646. The minimum Gasteiger partial charge on any atom is -0.384 e. The number of hydrogen-bond acceptors (Lipinski definition) is 1. The Labute approximate surface area is 129 Å². The van der Waals surface area contributed by atoms with E-state index in [1.165, 1.54) is 5.56 Å². The van der Waals surface area contributed by atoms with Crippen LogP contribution in [0.5, 0.6) is 0 Å². The van der Waals surface area contributed by atoms with Crippen LogP contribution >= 0.6 is 11.6 Å². The molecule has 0 aliphatic carbocycles. The molecule has 3 aromatic rings. The van der Waals surface area contributed by atoms with Crippen molar-refractivity contribution in [1.29, 1.82) is 0 Å². The Morgan fingerprint density at radius 3 is 2.29 bits per heavy atom. The lowest BCUT2D eigenvalue weighted by molar-refractivity contribution is 0.221. The van der Waals surface area contributed by atoms with Gasteiger partial charge in [0.25, 0.3) is 0 Å². The molecule has 2 heteroatoms. The second-order valence-corrected chi connectivity index (χ2v) is 5.78. The zero-order chi connectivity index (χ0) is 15.0. The number of rotatable bonds is 2. The third-order valence-corrected chi connectivity index (χ3v) is 4.47. The molecule has 0 saturated heterocycles. The number of fused-ring (bicyclic) bond motifs is 1. The first-order chi connectivity index (χ1) is 10.1. The molecule has 106 valence electrons. The molecule has 1 nitrogen and oxygen atoms in total. The van der Waals surface area contributed by atoms with Crippen molar-refractivity contribution in [2.24, 2.45) is 0 Å². The predicted octanol–water partition coefficient (Wildman–Crippen LogP) is 5.19. The maximum absolute atomic E-state index is 10.8. The number of aliphatic hydroxyl groups excluding tert-OH is 1. The highest BCUT2D eigenvalue weighted by Crippen LogP contribution is 2.34. The second kappa shape index (κ2) is 5.51. The van der Waals surface area contributed by atoms with Gasteiger partial charge < -0.3 is 5.11 Å². The summed E-state index contributed by atoms with van der Waals surface area (Å²) in [4.78, 5) is 0. The molecule has 0 bridgehead atoms. The summed E-state index contributed by atoms with van der Waals surface area (Å²) in [6.07, 6.45) is -0.646. The zero-order valence-electron chi connectivity index (χ0n) is 12.1. The highest BCUT2D eigenvalue weighted by atomic mass is 35.5. The molecule has 0 fully saturated rings. The SMILES string of the molecule is Cc1cccc(C(O)c2ccc(Cl)c3ccccc23)c1C. The number of benzene rings is 3. The van der Waals surface area contributed by atoms with Crippen molar-refractivity contribution in [2.75, 3.05) is 0 Å². The van der Waals surface area contributed by atoms with Crippen molar-refractivity contribution in [1.82, 2.24) is 0 Å². The average Bonchev–Trinajstić information content (AvgIpc) is 2.50. The first-order valence-electron chi connectivity index (χ1n) is 7.01. The molecule has 0 aliphatic heterocycles. The molecule has 3 rings (SSSR count). The van der Waals surface area contributed by atoms with E-state index in [1.807, 2.05) is 55.5 Å². The quantitative estimate of drug-likeness (QED) is 0.690.